The molecule has 1 aliphatic heterocycles. The van der Waals surface area contributed by atoms with Crippen LogP contribution in [0, 0.1) is 13.8 Å². The number of nitrogens with zero attached hydrogens (tertiary/aromatic N) is 4. The Labute approximate surface area is 209 Å². The van der Waals surface area contributed by atoms with Crippen LogP contribution in [0.5, 0.6) is 0 Å². The third kappa shape index (κ3) is 4.28. The normalized spacial score (nSPS) is 17.4. The van der Waals surface area contributed by atoms with Crippen molar-refractivity contribution in [1.82, 2.24) is 24.8 Å². The lowest BCUT2D eigenvalue weighted by atomic mass is 9.96. The molecule has 1 fully saturated rings. The molecule has 0 radical (unpaired) electrons. The van der Waals surface area contributed by atoms with E-state index in [-0.39, 0.29) is 17.6 Å². The zero-order valence-electron chi connectivity index (χ0n) is 19.4. The maximum Gasteiger partial charge on any atom is 0.335 e. The van der Waals surface area contributed by atoms with Gasteiger partial charge >= 0.3 is 5.97 Å². The highest BCUT2D eigenvalue weighted by Gasteiger charge is 2.41. The second-order valence-electron chi connectivity index (χ2n) is 8.59. The number of carboxylic acids is 1. The van der Waals surface area contributed by atoms with Crippen LogP contribution in [0.15, 0.2) is 79.1 Å². The highest BCUT2D eigenvalue weighted by molar-refractivity contribution is 7.80. The molecule has 0 unspecified atom stereocenters. The number of hydrogen-bond acceptors (Lipinski definition) is 4. The van der Waals surface area contributed by atoms with Gasteiger partial charge in [-0.1, -0.05) is 18.2 Å². The monoisotopic (exact) mass is 483 g/mol. The Balaban J connectivity index is 1.62. The molecule has 1 aliphatic rings. The van der Waals surface area contributed by atoms with Crippen molar-refractivity contribution in [3.05, 3.63) is 113 Å². The van der Waals surface area contributed by atoms with Crippen LogP contribution in [0.3, 0.4) is 0 Å². The number of thiocarbonyl (C=S) groups is 1. The fourth-order valence-corrected chi connectivity index (χ4v) is 5.15. The van der Waals surface area contributed by atoms with E-state index in [9.17, 15) is 9.90 Å². The molecule has 0 aliphatic carbocycles. The van der Waals surface area contributed by atoms with E-state index in [1.54, 1.807) is 30.6 Å². The first-order valence-corrected chi connectivity index (χ1v) is 11.8. The fourth-order valence-electron chi connectivity index (χ4n) is 4.84. The number of pyridine rings is 2. The van der Waals surface area contributed by atoms with E-state index in [1.165, 1.54) is 0 Å². The van der Waals surface area contributed by atoms with Crippen LogP contribution < -0.4 is 5.32 Å². The molecular weight excluding hydrogens is 458 g/mol. The Morgan fingerprint density at radius 1 is 1.03 bits per heavy atom. The molecule has 0 amide bonds. The zero-order chi connectivity index (χ0) is 24.5. The first-order valence-electron chi connectivity index (χ1n) is 11.3. The van der Waals surface area contributed by atoms with Crippen molar-refractivity contribution < 1.29 is 9.90 Å². The van der Waals surface area contributed by atoms with Crippen LogP contribution in [-0.4, -0.2) is 35.6 Å². The van der Waals surface area contributed by atoms with E-state index in [1.807, 2.05) is 49.4 Å². The van der Waals surface area contributed by atoms with Gasteiger partial charge in [0.2, 0.25) is 0 Å². The average Bonchev–Trinajstić information content (AvgIpc) is 3.35. The molecule has 1 saturated heterocycles. The lowest BCUT2D eigenvalue weighted by Crippen LogP contribution is -2.29. The minimum atomic E-state index is -0.948. The van der Waals surface area contributed by atoms with Gasteiger partial charge in [-0.15, -0.1) is 0 Å². The summed E-state index contributed by atoms with van der Waals surface area (Å²) in [7, 11) is 0. The largest absolute Gasteiger partial charge is 0.478 e. The molecular formula is C27H25N5O2S. The van der Waals surface area contributed by atoms with Gasteiger partial charge in [0.25, 0.3) is 0 Å². The third-order valence-electron chi connectivity index (χ3n) is 6.40. The predicted octanol–water partition coefficient (Wildman–Crippen LogP) is 4.76. The number of benzene rings is 1. The summed E-state index contributed by atoms with van der Waals surface area (Å²) in [6.07, 6.45) is 3.58. The Bertz CT molecular complexity index is 1390. The standard InChI is InChI=1S/C27H25N5O2S/c1-17-14-22(18(2)32(17)21-10-7-8-19(15-21)26(33)34)25-24(23-11-4-6-13-29-23)30-27(35)31(25)16-20-9-3-5-12-28-20/h3-15,24-25H,16H2,1-2H3,(H,30,35)(H,33,34)/t24-,25-/m0/s1. The van der Waals surface area contributed by atoms with Gasteiger partial charge in [0.1, 0.15) is 0 Å². The topological polar surface area (TPSA) is 83.3 Å². The van der Waals surface area contributed by atoms with Gasteiger partial charge in [-0.25, -0.2) is 4.79 Å². The molecule has 3 aromatic heterocycles. The van der Waals surface area contributed by atoms with Crippen molar-refractivity contribution in [2.24, 2.45) is 0 Å². The van der Waals surface area contributed by atoms with E-state index >= 15 is 0 Å². The number of nitrogens with one attached hydrogen (secondary N) is 1. The number of carboxylic acid groups (broad SMARTS) is 1. The Morgan fingerprint density at radius 3 is 2.49 bits per heavy atom. The van der Waals surface area contributed by atoms with Crippen LogP contribution in [0.1, 0.15) is 50.8 Å². The summed E-state index contributed by atoms with van der Waals surface area (Å²) in [4.78, 5) is 22.9. The number of carbonyl (C=O) groups is 1. The van der Waals surface area contributed by atoms with E-state index in [4.69, 9.17) is 12.2 Å². The third-order valence-corrected chi connectivity index (χ3v) is 6.75. The van der Waals surface area contributed by atoms with Crippen molar-refractivity contribution in [1.29, 1.82) is 0 Å². The van der Waals surface area contributed by atoms with Crippen LogP contribution in [0.2, 0.25) is 0 Å². The number of aromatic nitrogens is 3. The quantitative estimate of drug-likeness (QED) is 0.383. The summed E-state index contributed by atoms with van der Waals surface area (Å²) in [6, 6.07) is 20.6. The van der Waals surface area contributed by atoms with E-state index in [0.29, 0.717) is 11.7 Å². The second kappa shape index (κ2) is 9.31. The minimum absolute atomic E-state index is 0.123. The summed E-state index contributed by atoms with van der Waals surface area (Å²) in [6.45, 7) is 4.65. The van der Waals surface area contributed by atoms with Gasteiger partial charge in [-0.2, -0.15) is 0 Å². The van der Waals surface area contributed by atoms with Gasteiger partial charge in [0.15, 0.2) is 5.11 Å². The molecule has 2 N–H and O–H groups in total. The van der Waals surface area contributed by atoms with Crippen LogP contribution in [0.25, 0.3) is 5.69 Å². The summed E-state index contributed by atoms with van der Waals surface area (Å²) in [5.74, 6) is -0.948. The number of hydrogen-bond donors (Lipinski definition) is 2. The van der Waals surface area contributed by atoms with E-state index in [0.717, 1.165) is 34.0 Å². The van der Waals surface area contributed by atoms with Crippen molar-refractivity contribution >= 4 is 23.3 Å². The SMILES string of the molecule is Cc1cc([C@H]2[C@H](c3ccccn3)NC(=S)N2Cc2ccccn2)c(C)n1-c1cccc(C(=O)O)c1. The van der Waals surface area contributed by atoms with Crippen molar-refractivity contribution in [2.45, 2.75) is 32.5 Å². The molecule has 176 valence electrons. The van der Waals surface area contributed by atoms with Crippen molar-refractivity contribution in [3.63, 3.8) is 0 Å². The van der Waals surface area contributed by atoms with Gasteiger partial charge in [0, 0.05) is 29.5 Å². The van der Waals surface area contributed by atoms with Crippen LogP contribution >= 0.6 is 12.2 Å². The molecule has 5 rings (SSSR count). The van der Waals surface area contributed by atoms with Crippen LogP contribution in [-0.2, 0) is 6.54 Å². The second-order valence-corrected chi connectivity index (χ2v) is 8.98. The Morgan fingerprint density at radius 2 is 1.80 bits per heavy atom. The van der Waals surface area contributed by atoms with Crippen molar-refractivity contribution in [3.8, 4) is 5.69 Å². The molecule has 0 bridgehead atoms. The van der Waals surface area contributed by atoms with Gasteiger partial charge in [0.05, 0.1) is 35.6 Å². The molecule has 0 spiro atoms. The van der Waals surface area contributed by atoms with E-state index < -0.39 is 5.97 Å². The molecule has 0 saturated carbocycles. The molecule has 1 aromatic carbocycles. The Kier molecular flexibility index (Phi) is 6.05. The average molecular weight is 484 g/mol. The van der Waals surface area contributed by atoms with Crippen LogP contribution in [0.4, 0.5) is 0 Å². The first-order chi connectivity index (χ1) is 16.9. The van der Waals surface area contributed by atoms with E-state index in [2.05, 4.69) is 37.7 Å². The lowest BCUT2D eigenvalue weighted by molar-refractivity contribution is 0.0697. The highest BCUT2D eigenvalue weighted by Crippen LogP contribution is 2.42. The maximum absolute atomic E-state index is 11.6. The summed E-state index contributed by atoms with van der Waals surface area (Å²) in [5.41, 5.74) is 6.02. The number of aryl methyl sites for hydroxylation is 1. The maximum atomic E-state index is 11.6. The minimum Gasteiger partial charge on any atom is -0.478 e. The predicted molar refractivity (Wildman–Crippen MR) is 137 cm³/mol. The fraction of sp³-hybridized carbons (Fsp3) is 0.185. The number of rotatable bonds is 6. The molecule has 4 aromatic rings. The van der Waals surface area contributed by atoms with Crippen molar-refractivity contribution in [2.75, 3.05) is 0 Å². The Hall–Kier alpha value is -4.04. The highest BCUT2D eigenvalue weighted by atomic mass is 32.1. The summed E-state index contributed by atoms with van der Waals surface area (Å²) < 4.78 is 2.09. The molecule has 7 nitrogen and oxygen atoms in total. The van der Waals surface area contributed by atoms with Gasteiger partial charge < -0.3 is 19.9 Å². The molecule has 2 atom stereocenters. The lowest BCUT2D eigenvalue weighted by Gasteiger charge is -2.28. The zero-order valence-corrected chi connectivity index (χ0v) is 20.2. The molecule has 35 heavy (non-hydrogen) atoms. The van der Waals surface area contributed by atoms with Gasteiger partial charge in [-0.05, 0) is 80.2 Å². The first kappa shape index (κ1) is 22.7. The summed E-state index contributed by atoms with van der Waals surface area (Å²) >= 11 is 5.80. The van der Waals surface area contributed by atoms with Gasteiger partial charge in [-0.3, -0.25) is 9.97 Å². The molecule has 8 heteroatoms. The smallest absolute Gasteiger partial charge is 0.335 e. The number of aromatic carboxylic acids is 1. The molecule has 4 heterocycles. The summed E-state index contributed by atoms with van der Waals surface area (Å²) in [5, 5.41) is 13.6.